The summed E-state index contributed by atoms with van der Waals surface area (Å²) in [6.07, 6.45) is 1.64. The number of ether oxygens (including phenoxy) is 1. The first-order valence-corrected chi connectivity index (χ1v) is 6.83. The zero-order valence-electron chi connectivity index (χ0n) is 10.4. The third kappa shape index (κ3) is 4.02. The van der Waals surface area contributed by atoms with Crippen LogP contribution in [0.25, 0.3) is 0 Å². The molecule has 0 aromatic heterocycles. The monoisotopic (exact) mass is 317 g/mol. The molecule has 2 N–H and O–H groups in total. The van der Waals surface area contributed by atoms with Crippen LogP contribution in [-0.2, 0) is 9.59 Å². The van der Waals surface area contributed by atoms with E-state index in [0.29, 0.717) is 10.0 Å². The number of carboxylic acid groups (broad SMARTS) is 1. The molecule has 7 heteroatoms. The minimum atomic E-state index is -1.03. The van der Waals surface area contributed by atoms with E-state index in [0.717, 1.165) is 12.8 Å². The summed E-state index contributed by atoms with van der Waals surface area (Å²) >= 11 is 11.7. The van der Waals surface area contributed by atoms with Gasteiger partial charge in [0.25, 0.3) is 5.91 Å². The molecule has 5 nitrogen and oxygen atoms in total. The molecule has 0 radical (unpaired) electrons. The Labute approximate surface area is 125 Å². The average Bonchev–Trinajstić information content (AvgIpc) is 3.21. The fraction of sp³-hybridized carbons (Fsp3) is 0.385. The number of carbonyl (C=O) groups excluding carboxylic acids is 1. The van der Waals surface area contributed by atoms with Crippen LogP contribution in [0.5, 0.6) is 5.75 Å². The lowest BCUT2D eigenvalue weighted by molar-refractivity contribution is -0.142. The highest BCUT2D eigenvalue weighted by Crippen LogP contribution is 2.32. The molecule has 0 saturated heterocycles. The number of aliphatic carboxylic acids is 1. The maximum absolute atomic E-state index is 11.7. The van der Waals surface area contributed by atoms with Crippen molar-refractivity contribution in [3.05, 3.63) is 28.2 Å². The van der Waals surface area contributed by atoms with Gasteiger partial charge < -0.3 is 15.2 Å². The van der Waals surface area contributed by atoms with E-state index in [1.165, 1.54) is 6.07 Å². The van der Waals surface area contributed by atoms with Crippen LogP contribution in [-0.4, -0.2) is 29.6 Å². The third-order valence-corrected chi connectivity index (χ3v) is 3.48. The maximum Gasteiger partial charge on any atom is 0.326 e. The molecule has 20 heavy (non-hydrogen) atoms. The number of nitrogens with one attached hydrogen (secondary N) is 1. The van der Waals surface area contributed by atoms with Crippen molar-refractivity contribution in [2.45, 2.75) is 18.9 Å². The lowest BCUT2D eigenvalue weighted by Gasteiger charge is -2.14. The Balaban J connectivity index is 1.88. The Morgan fingerprint density at radius 3 is 2.70 bits per heavy atom. The highest BCUT2D eigenvalue weighted by molar-refractivity contribution is 6.34. The van der Waals surface area contributed by atoms with Gasteiger partial charge >= 0.3 is 5.97 Å². The molecule has 1 atom stereocenters. The predicted octanol–water partition coefficient (Wildman–Crippen LogP) is 2.35. The lowest BCUT2D eigenvalue weighted by Crippen LogP contribution is -2.44. The van der Waals surface area contributed by atoms with E-state index in [2.05, 4.69) is 5.32 Å². The topological polar surface area (TPSA) is 75.6 Å². The molecule has 2 rings (SSSR count). The van der Waals surface area contributed by atoms with Crippen LogP contribution in [0.15, 0.2) is 18.2 Å². The van der Waals surface area contributed by atoms with Gasteiger partial charge in [0.1, 0.15) is 11.8 Å². The second kappa shape index (κ2) is 6.33. The van der Waals surface area contributed by atoms with E-state index in [1.807, 2.05) is 0 Å². The first-order valence-electron chi connectivity index (χ1n) is 6.07. The van der Waals surface area contributed by atoms with Crippen molar-refractivity contribution in [1.29, 1.82) is 0 Å². The van der Waals surface area contributed by atoms with Gasteiger partial charge in [-0.25, -0.2) is 4.79 Å². The Bertz CT molecular complexity index is 531. The normalized spacial score (nSPS) is 15.5. The fourth-order valence-corrected chi connectivity index (χ4v) is 2.09. The van der Waals surface area contributed by atoms with Crippen molar-refractivity contribution in [3.8, 4) is 5.75 Å². The van der Waals surface area contributed by atoms with E-state index in [1.54, 1.807) is 12.1 Å². The van der Waals surface area contributed by atoms with Crippen molar-refractivity contribution in [2.75, 3.05) is 6.61 Å². The van der Waals surface area contributed by atoms with Gasteiger partial charge in [0.15, 0.2) is 6.61 Å². The van der Waals surface area contributed by atoms with Crippen molar-refractivity contribution in [2.24, 2.45) is 5.92 Å². The van der Waals surface area contributed by atoms with E-state index >= 15 is 0 Å². The van der Waals surface area contributed by atoms with Crippen LogP contribution in [0, 0.1) is 5.92 Å². The van der Waals surface area contributed by atoms with Crippen molar-refractivity contribution >= 4 is 35.1 Å². The number of amides is 1. The molecule has 0 heterocycles. The molecule has 1 saturated carbocycles. The Hall–Kier alpha value is -1.46. The molecular formula is C13H13Cl2NO4. The molecule has 1 aromatic carbocycles. The van der Waals surface area contributed by atoms with Gasteiger partial charge in [-0.15, -0.1) is 0 Å². The third-order valence-electron chi connectivity index (χ3n) is 2.93. The van der Waals surface area contributed by atoms with Gasteiger partial charge in [-0.3, -0.25) is 4.79 Å². The molecule has 1 aliphatic rings. The molecule has 0 bridgehead atoms. The molecule has 1 unspecified atom stereocenters. The smallest absolute Gasteiger partial charge is 0.326 e. The van der Waals surface area contributed by atoms with Crippen molar-refractivity contribution < 1.29 is 19.4 Å². The minimum Gasteiger partial charge on any atom is -0.482 e. The molecule has 1 fully saturated rings. The van der Waals surface area contributed by atoms with Gasteiger partial charge in [0.2, 0.25) is 0 Å². The van der Waals surface area contributed by atoms with E-state index in [4.69, 9.17) is 33.0 Å². The van der Waals surface area contributed by atoms with E-state index < -0.39 is 17.9 Å². The molecule has 1 amide bonds. The van der Waals surface area contributed by atoms with Gasteiger partial charge in [-0.05, 0) is 30.9 Å². The SMILES string of the molecule is O=C(COc1cc(Cl)ccc1Cl)NC(C(=O)O)C1CC1. The quantitative estimate of drug-likeness (QED) is 0.844. The molecular weight excluding hydrogens is 305 g/mol. The molecule has 0 spiro atoms. The first kappa shape index (κ1) is 14.9. The lowest BCUT2D eigenvalue weighted by atomic mass is 10.2. The number of rotatable bonds is 6. The highest BCUT2D eigenvalue weighted by atomic mass is 35.5. The summed E-state index contributed by atoms with van der Waals surface area (Å²) < 4.78 is 5.24. The summed E-state index contributed by atoms with van der Waals surface area (Å²) in [5.41, 5.74) is 0. The number of hydrogen-bond donors (Lipinski definition) is 2. The van der Waals surface area contributed by atoms with Gasteiger partial charge in [0, 0.05) is 11.1 Å². The van der Waals surface area contributed by atoms with Crippen LogP contribution in [0.4, 0.5) is 0 Å². The summed E-state index contributed by atoms with van der Waals surface area (Å²) in [5, 5.41) is 12.2. The Kier molecular flexibility index (Phi) is 4.73. The second-order valence-electron chi connectivity index (χ2n) is 4.58. The van der Waals surface area contributed by atoms with E-state index in [9.17, 15) is 9.59 Å². The number of halogens is 2. The fourth-order valence-electron chi connectivity index (χ4n) is 1.76. The summed E-state index contributed by atoms with van der Waals surface area (Å²) in [5.74, 6) is -1.22. The van der Waals surface area contributed by atoms with Crippen LogP contribution in [0.1, 0.15) is 12.8 Å². The molecule has 1 aromatic rings. The summed E-state index contributed by atoms with van der Waals surface area (Å²) in [7, 11) is 0. The van der Waals surface area contributed by atoms with Crippen LogP contribution < -0.4 is 10.1 Å². The first-order chi connectivity index (χ1) is 9.47. The number of carbonyl (C=O) groups is 2. The summed E-state index contributed by atoms with van der Waals surface area (Å²) in [4.78, 5) is 22.7. The van der Waals surface area contributed by atoms with Gasteiger partial charge in [-0.1, -0.05) is 23.2 Å². The zero-order valence-corrected chi connectivity index (χ0v) is 11.9. The number of carboxylic acids is 1. The largest absolute Gasteiger partial charge is 0.482 e. The molecule has 0 aliphatic heterocycles. The molecule has 108 valence electrons. The second-order valence-corrected chi connectivity index (χ2v) is 5.43. The minimum absolute atomic E-state index is 0.0196. The number of hydrogen-bond acceptors (Lipinski definition) is 3. The number of benzene rings is 1. The van der Waals surface area contributed by atoms with Crippen molar-refractivity contribution in [3.63, 3.8) is 0 Å². The maximum atomic E-state index is 11.7. The Morgan fingerprint density at radius 2 is 2.10 bits per heavy atom. The summed E-state index contributed by atoms with van der Waals surface area (Å²) in [6, 6.07) is 3.80. The van der Waals surface area contributed by atoms with Crippen molar-refractivity contribution in [1.82, 2.24) is 5.32 Å². The summed E-state index contributed by atoms with van der Waals surface area (Å²) in [6.45, 7) is -0.309. The van der Waals surface area contributed by atoms with Crippen LogP contribution in [0.3, 0.4) is 0 Å². The van der Waals surface area contributed by atoms with Gasteiger partial charge in [0.05, 0.1) is 5.02 Å². The standard InChI is InChI=1S/C13H13Cl2NO4/c14-8-3-4-9(15)10(5-8)20-6-11(17)16-12(13(18)19)7-1-2-7/h3-5,7,12H,1-2,6H2,(H,16,17)(H,18,19). The predicted molar refractivity (Wildman–Crippen MR) is 74.2 cm³/mol. The van der Waals surface area contributed by atoms with Crippen LogP contribution >= 0.6 is 23.2 Å². The Morgan fingerprint density at radius 1 is 1.40 bits per heavy atom. The van der Waals surface area contributed by atoms with Gasteiger partial charge in [-0.2, -0.15) is 0 Å². The zero-order chi connectivity index (χ0) is 14.7. The highest BCUT2D eigenvalue weighted by Gasteiger charge is 2.37. The average molecular weight is 318 g/mol. The van der Waals surface area contributed by atoms with E-state index in [-0.39, 0.29) is 18.3 Å². The molecule has 1 aliphatic carbocycles. The van der Waals surface area contributed by atoms with Crippen LogP contribution in [0.2, 0.25) is 10.0 Å².